The summed E-state index contributed by atoms with van der Waals surface area (Å²) in [5.74, 6) is -0.0321. The van der Waals surface area contributed by atoms with Crippen LogP contribution in [0.4, 0.5) is 18.9 Å². The molecule has 0 aliphatic carbocycles. The minimum absolute atomic E-state index is 0.0147. The molecule has 0 aliphatic heterocycles. The van der Waals surface area contributed by atoms with Crippen LogP contribution in [-0.4, -0.2) is 26.2 Å². The van der Waals surface area contributed by atoms with E-state index in [1.807, 2.05) is 0 Å². The molecule has 0 bridgehead atoms. The molecule has 0 heterocycles. The molecule has 1 N–H and O–H groups in total. The van der Waals surface area contributed by atoms with Crippen molar-refractivity contribution in [1.82, 2.24) is 0 Å². The summed E-state index contributed by atoms with van der Waals surface area (Å²) in [5.41, 5.74) is -0.747. The van der Waals surface area contributed by atoms with Crippen molar-refractivity contribution in [3.63, 3.8) is 0 Å². The zero-order valence-corrected chi connectivity index (χ0v) is 13.9. The van der Waals surface area contributed by atoms with Gasteiger partial charge in [-0.25, -0.2) is 0 Å². The number of carbonyl (C=O) groups is 1. The lowest BCUT2D eigenvalue weighted by Gasteiger charge is -2.12. The lowest BCUT2D eigenvalue weighted by molar-refractivity contribution is -0.137. The van der Waals surface area contributed by atoms with Crippen LogP contribution in [0.1, 0.15) is 15.9 Å². The molecule has 0 atom stereocenters. The van der Waals surface area contributed by atoms with E-state index in [0.29, 0.717) is 19.0 Å². The van der Waals surface area contributed by atoms with Crippen molar-refractivity contribution in [3.05, 3.63) is 58.6 Å². The van der Waals surface area contributed by atoms with Crippen LogP contribution in [-0.2, 0) is 10.9 Å². The minimum atomic E-state index is -4.52. The van der Waals surface area contributed by atoms with Crippen molar-refractivity contribution in [3.8, 4) is 5.75 Å². The maximum Gasteiger partial charge on any atom is 0.416 e. The number of methoxy groups -OCH3 is 1. The summed E-state index contributed by atoms with van der Waals surface area (Å²) in [4.78, 5) is 12.2. The maximum atomic E-state index is 12.8. The molecular weight excluding hydrogens is 359 g/mol. The van der Waals surface area contributed by atoms with Gasteiger partial charge in [-0.3, -0.25) is 4.79 Å². The Labute approximate surface area is 147 Å². The van der Waals surface area contributed by atoms with Gasteiger partial charge in [-0.05, 0) is 42.5 Å². The predicted octanol–water partition coefficient (Wildman–Crippen LogP) is 4.64. The summed E-state index contributed by atoms with van der Waals surface area (Å²) >= 11 is 5.86. The summed E-state index contributed by atoms with van der Waals surface area (Å²) in [6, 6.07) is 8.90. The average molecular weight is 374 g/mol. The van der Waals surface area contributed by atoms with Crippen molar-refractivity contribution >= 4 is 23.2 Å². The average Bonchev–Trinajstić information content (AvgIpc) is 2.56. The number of ether oxygens (including phenoxy) is 2. The number of carbonyl (C=O) groups excluding carboxylic acids is 1. The molecule has 2 rings (SSSR count). The zero-order chi connectivity index (χ0) is 18.4. The molecule has 2 aromatic rings. The highest BCUT2D eigenvalue weighted by Crippen LogP contribution is 2.34. The molecule has 0 saturated heterocycles. The van der Waals surface area contributed by atoms with Gasteiger partial charge < -0.3 is 14.8 Å². The fraction of sp³-hybridized carbons (Fsp3) is 0.235. The number of halogens is 4. The molecule has 134 valence electrons. The number of benzene rings is 2. The lowest BCUT2D eigenvalue weighted by atomic mass is 10.1. The molecule has 25 heavy (non-hydrogen) atoms. The molecule has 1 amide bonds. The first kappa shape index (κ1) is 19.1. The van der Waals surface area contributed by atoms with E-state index in [0.717, 1.165) is 18.2 Å². The molecule has 0 aromatic heterocycles. The van der Waals surface area contributed by atoms with Crippen LogP contribution in [0.25, 0.3) is 0 Å². The van der Waals surface area contributed by atoms with Crippen LogP contribution in [0.2, 0.25) is 5.02 Å². The van der Waals surface area contributed by atoms with Crippen LogP contribution in [0, 0.1) is 0 Å². The summed E-state index contributed by atoms with van der Waals surface area (Å²) in [7, 11) is 1.55. The summed E-state index contributed by atoms with van der Waals surface area (Å²) in [6.07, 6.45) is -4.52. The molecule has 0 fully saturated rings. The quantitative estimate of drug-likeness (QED) is 0.751. The Bertz CT molecular complexity index is 733. The standard InChI is InChI=1S/C17H15ClF3NO3/c1-24-8-9-25-13-5-2-11(3-6-13)16(23)22-15-10-12(17(19,20)21)4-7-14(15)18/h2-7,10H,8-9H2,1H3,(H,22,23). The fourth-order valence-corrected chi connectivity index (χ4v) is 2.10. The molecule has 0 spiro atoms. The highest BCUT2D eigenvalue weighted by molar-refractivity contribution is 6.34. The van der Waals surface area contributed by atoms with Crippen molar-refractivity contribution < 1.29 is 27.4 Å². The third-order valence-corrected chi connectivity index (χ3v) is 3.54. The Morgan fingerprint density at radius 1 is 1.12 bits per heavy atom. The highest BCUT2D eigenvalue weighted by atomic mass is 35.5. The summed E-state index contributed by atoms with van der Waals surface area (Å²) in [5, 5.41) is 2.39. The SMILES string of the molecule is COCCOc1ccc(C(=O)Nc2cc(C(F)(F)F)ccc2Cl)cc1. The van der Waals surface area contributed by atoms with E-state index in [4.69, 9.17) is 21.1 Å². The smallest absolute Gasteiger partial charge is 0.416 e. The van der Waals surface area contributed by atoms with Crippen molar-refractivity contribution in [2.45, 2.75) is 6.18 Å². The Morgan fingerprint density at radius 3 is 2.40 bits per heavy atom. The summed E-state index contributed by atoms with van der Waals surface area (Å²) < 4.78 is 48.5. The predicted molar refractivity (Wildman–Crippen MR) is 88.2 cm³/mol. The monoisotopic (exact) mass is 373 g/mol. The van der Waals surface area contributed by atoms with E-state index < -0.39 is 17.6 Å². The third kappa shape index (κ3) is 5.37. The Morgan fingerprint density at radius 2 is 1.80 bits per heavy atom. The van der Waals surface area contributed by atoms with Gasteiger partial charge in [0.15, 0.2) is 0 Å². The number of amides is 1. The van der Waals surface area contributed by atoms with Gasteiger partial charge >= 0.3 is 6.18 Å². The molecule has 0 radical (unpaired) electrons. The largest absolute Gasteiger partial charge is 0.491 e. The van der Waals surface area contributed by atoms with E-state index in [-0.39, 0.29) is 16.3 Å². The first-order valence-electron chi connectivity index (χ1n) is 7.21. The van der Waals surface area contributed by atoms with Gasteiger partial charge in [-0.15, -0.1) is 0 Å². The van der Waals surface area contributed by atoms with Gasteiger partial charge in [0.2, 0.25) is 0 Å². The summed E-state index contributed by atoms with van der Waals surface area (Å²) in [6.45, 7) is 0.790. The van der Waals surface area contributed by atoms with Crippen LogP contribution >= 0.6 is 11.6 Å². The molecule has 8 heteroatoms. The Kier molecular flexibility index (Phi) is 6.27. The van der Waals surface area contributed by atoms with Crippen molar-refractivity contribution in [2.24, 2.45) is 0 Å². The number of nitrogens with one attached hydrogen (secondary N) is 1. The Balaban J connectivity index is 2.09. The maximum absolute atomic E-state index is 12.8. The molecule has 0 aliphatic rings. The van der Waals surface area contributed by atoms with Crippen molar-refractivity contribution in [2.75, 3.05) is 25.6 Å². The van der Waals surface area contributed by atoms with E-state index in [1.54, 1.807) is 19.2 Å². The van der Waals surface area contributed by atoms with Gasteiger partial charge in [-0.1, -0.05) is 11.6 Å². The van der Waals surface area contributed by atoms with Crippen LogP contribution in [0.15, 0.2) is 42.5 Å². The zero-order valence-electron chi connectivity index (χ0n) is 13.2. The van der Waals surface area contributed by atoms with E-state index >= 15 is 0 Å². The van der Waals surface area contributed by atoms with Crippen LogP contribution in [0.5, 0.6) is 5.75 Å². The van der Waals surface area contributed by atoms with Gasteiger partial charge in [0.25, 0.3) is 5.91 Å². The minimum Gasteiger partial charge on any atom is -0.491 e. The lowest BCUT2D eigenvalue weighted by Crippen LogP contribution is -2.13. The second kappa shape index (κ2) is 8.22. The molecule has 0 unspecified atom stereocenters. The van der Waals surface area contributed by atoms with E-state index in [9.17, 15) is 18.0 Å². The highest BCUT2D eigenvalue weighted by Gasteiger charge is 2.31. The number of alkyl halides is 3. The first-order chi connectivity index (χ1) is 11.8. The van der Waals surface area contributed by atoms with E-state index in [2.05, 4.69) is 5.32 Å². The second-order valence-corrected chi connectivity index (χ2v) is 5.42. The molecule has 4 nitrogen and oxygen atoms in total. The molecule has 2 aromatic carbocycles. The number of rotatable bonds is 6. The van der Waals surface area contributed by atoms with Crippen LogP contribution < -0.4 is 10.1 Å². The van der Waals surface area contributed by atoms with E-state index in [1.165, 1.54) is 12.1 Å². The van der Waals surface area contributed by atoms with Gasteiger partial charge in [-0.2, -0.15) is 13.2 Å². The number of hydrogen-bond acceptors (Lipinski definition) is 3. The topological polar surface area (TPSA) is 47.6 Å². The fourth-order valence-electron chi connectivity index (χ4n) is 1.94. The van der Waals surface area contributed by atoms with Gasteiger partial charge in [0, 0.05) is 12.7 Å². The first-order valence-corrected chi connectivity index (χ1v) is 7.59. The third-order valence-electron chi connectivity index (χ3n) is 3.21. The molecular formula is C17H15ClF3NO3. The number of anilines is 1. The Hall–Kier alpha value is -2.25. The molecule has 0 saturated carbocycles. The van der Waals surface area contributed by atoms with Crippen LogP contribution in [0.3, 0.4) is 0 Å². The van der Waals surface area contributed by atoms with Gasteiger partial charge in [0.05, 0.1) is 22.9 Å². The number of hydrogen-bond donors (Lipinski definition) is 1. The van der Waals surface area contributed by atoms with Crippen molar-refractivity contribution in [1.29, 1.82) is 0 Å². The normalized spacial score (nSPS) is 11.2. The second-order valence-electron chi connectivity index (χ2n) is 5.01. The van der Waals surface area contributed by atoms with Gasteiger partial charge in [0.1, 0.15) is 12.4 Å².